The third kappa shape index (κ3) is 2.45. The fraction of sp³-hybridized carbons (Fsp3) is 0.235. The maximum Gasteiger partial charge on any atom is 0.257 e. The first-order valence-corrected chi connectivity index (χ1v) is 7.28. The molecule has 5 heteroatoms. The molecule has 0 spiro atoms. The summed E-state index contributed by atoms with van der Waals surface area (Å²) in [5.74, 6) is -0.154. The van der Waals surface area contributed by atoms with E-state index in [0.717, 1.165) is 34.4 Å². The van der Waals surface area contributed by atoms with E-state index in [1.54, 1.807) is 10.9 Å². The Bertz CT molecular complexity index is 851. The van der Waals surface area contributed by atoms with Gasteiger partial charge in [-0.2, -0.15) is 5.10 Å². The minimum absolute atomic E-state index is 0.154. The Balaban J connectivity index is 1.93. The Labute approximate surface area is 129 Å². The third-order valence-corrected chi connectivity index (χ3v) is 3.77. The van der Waals surface area contributed by atoms with Crippen LogP contribution in [0.15, 0.2) is 36.5 Å². The first kappa shape index (κ1) is 14.3. The lowest BCUT2D eigenvalue weighted by atomic mass is 10.1. The van der Waals surface area contributed by atoms with Crippen LogP contribution in [-0.2, 0) is 13.5 Å². The highest BCUT2D eigenvalue weighted by Crippen LogP contribution is 2.19. The van der Waals surface area contributed by atoms with Gasteiger partial charge in [0.15, 0.2) is 5.65 Å². The van der Waals surface area contributed by atoms with E-state index in [9.17, 15) is 4.79 Å². The second-order valence-electron chi connectivity index (χ2n) is 5.27. The molecule has 0 fully saturated rings. The molecule has 0 atom stereocenters. The number of pyridine rings is 1. The van der Waals surface area contributed by atoms with E-state index in [-0.39, 0.29) is 5.91 Å². The van der Waals surface area contributed by atoms with Gasteiger partial charge in [0.05, 0.1) is 11.3 Å². The molecule has 2 aromatic heterocycles. The van der Waals surface area contributed by atoms with Crippen molar-refractivity contribution in [2.75, 3.05) is 5.32 Å². The van der Waals surface area contributed by atoms with Crippen molar-refractivity contribution in [1.29, 1.82) is 0 Å². The molecule has 22 heavy (non-hydrogen) atoms. The summed E-state index contributed by atoms with van der Waals surface area (Å²) < 4.78 is 1.72. The number of hydrogen-bond acceptors (Lipinski definition) is 3. The lowest BCUT2D eigenvalue weighted by molar-refractivity contribution is 0.102. The van der Waals surface area contributed by atoms with Crippen molar-refractivity contribution in [2.45, 2.75) is 20.3 Å². The van der Waals surface area contributed by atoms with E-state index >= 15 is 0 Å². The van der Waals surface area contributed by atoms with Crippen molar-refractivity contribution in [1.82, 2.24) is 14.8 Å². The Kier molecular flexibility index (Phi) is 3.63. The number of rotatable bonds is 3. The normalized spacial score (nSPS) is 10.9. The Morgan fingerprint density at radius 1 is 1.32 bits per heavy atom. The second kappa shape index (κ2) is 5.60. The smallest absolute Gasteiger partial charge is 0.257 e. The van der Waals surface area contributed by atoms with E-state index in [1.807, 2.05) is 44.3 Å². The molecule has 2 heterocycles. The van der Waals surface area contributed by atoms with Crippen LogP contribution in [0.5, 0.6) is 0 Å². The van der Waals surface area contributed by atoms with Gasteiger partial charge in [-0.05, 0) is 31.0 Å². The van der Waals surface area contributed by atoms with Crippen molar-refractivity contribution in [3.63, 3.8) is 0 Å². The molecule has 0 saturated carbocycles. The molecule has 0 saturated heterocycles. The SMILES string of the molecule is CCc1ccccc1NC(=O)c1cnc2c(c1)c(C)nn2C. The summed E-state index contributed by atoms with van der Waals surface area (Å²) in [5, 5.41) is 8.19. The molecule has 0 radical (unpaired) electrons. The van der Waals surface area contributed by atoms with Gasteiger partial charge in [0.2, 0.25) is 0 Å². The predicted octanol–water partition coefficient (Wildman–Crippen LogP) is 3.09. The van der Waals surface area contributed by atoms with Crippen LogP contribution in [0.1, 0.15) is 28.5 Å². The minimum Gasteiger partial charge on any atom is -0.322 e. The Hall–Kier alpha value is -2.69. The molecule has 1 amide bonds. The van der Waals surface area contributed by atoms with Crippen LogP contribution < -0.4 is 5.32 Å². The van der Waals surface area contributed by atoms with Gasteiger partial charge in [-0.25, -0.2) is 4.98 Å². The molecular weight excluding hydrogens is 276 g/mol. The molecule has 112 valence electrons. The second-order valence-corrected chi connectivity index (χ2v) is 5.27. The van der Waals surface area contributed by atoms with Crippen molar-refractivity contribution in [3.05, 3.63) is 53.3 Å². The average Bonchev–Trinajstić information content (AvgIpc) is 2.82. The lowest BCUT2D eigenvalue weighted by Gasteiger charge is -2.09. The van der Waals surface area contributed by atoms with E-state index < -0.39 is 0 Å². The van der Waals surface area contributed by atoms with Crippen LogP contribution in [0, 0.1) is 6.92 Å². The fourth-order valence-corrected chi connectivity index (χ4v) is 2.58. The Morgan fingerprint density at radius 2 is 2.09 bits per heavy atom. The maximum atomic E-state index is 12.5. The number of carbonyl (C=O) groups excluding carboxylic acids is 1. The fourth-order valence-electron chi connectivity index (χ4n) is 2.58. The van der Waals surface area contributed by atoms with Crippen molar-refractivity contribution in [2.24, 2.45) is 7.05 Å². The number of para-hydroxylation sites is 1. The Morgan fingerprint density at radius 3 is 2.86 bits per heavy atom. The van der Waals surface area contributed by atoms with E-state index in [2.05, 4.69) is 22.3 Å². The van der Waals surface area contributed by atoms with Crippen LogP contribution >= 0.6 is 0 Å². The molecule has 1 aromatic carbocycles. The predicted molar refractivity (Wildman–Crippen MR) is 87.0 cm³/mol. The van der Waals surface area contributed by atoms with E-state index in [0.29, 0.717) is 5.56 Å². The summed E-state index contributed by atoms with van der Waals surface area (Å²) in [6.45, 7) is 3.98. The zero-order valence-corrected chi connectivity index (χ0v) is 12.9. The van der Waals surface area contributed by atoms with Gasteiger partial charge in [0.1, 0.15) is 0 Å². The van der Waals surface area contributed by atoms with Crippen LogP contribution in [0.3, 0.4) is 0 Å². The first-order chi connectivity index (χ1) is 10.6. The number of benzene rings is 1. The van der Waals surface area contributed by atoms with Crippen LogP contribution in [0.4, 0.5) is 5.69 Å². The molecule has 5 nitrogen and oxygen atoms in total. The van der Waals surface area contributed by atoms with Gasteiger partial charge in [0.25, 0.3) is 5.91 Å². The summed E-state index contributed by atoms with van der Waals surface area (Å²) in [4.78, 5) is 16.8. The summed E-state index contributed by atoms with van der Waals surface area (Å²) in [7, 11) is 1.85. The molecule has 3 rings (SSSR count). The zero-order chi connectivity index (χ0) is 15.7. The first-order valence-electron chi connectivity index (χ1n) is 7.28. The van der Waals surface area contributed by atoms with Gasteiger partial charge in [-0.1, -0.05) is 25.1 Å². The highest BCUT2D eigenvalue weighted by atomic mass is 16.1. The highest BCUT2D eigenvalue weighted by molar-refractivity contribution is 6.06. The number of anilines is 1. The average molecular weight is 294 g/mol. The van der Waals surface area contributed by atoms with Crippen molar-refractivity contribution in [3.8, 4) is 0 Å². The summed E-state index contributed by atoms with van der Waals surface area (Å²) in [5.41, 5.74) is 4.14. The number of aromatic nitrogens is 3. The van der Waals surface area contributed by atoms with Crippen LogP contribution in [0.25, 0.3) is 11.0 Å². The number of fused-ring (bicyclic) bond motifs is 1. The van der Waals surface area contributed by atoms with Crippen LogP contribution in [-0.4, -0.2) is 20.7 Å². The third-order valence-electron chi connectivity index (χ3n) is 3.77. The van der Waals surface area contributed by atoms with E-state index in [4.69, 9.17) is 0 Å². The largest absolute Gasteiger partial charge is 0.322 e. The molecule has 0 aliphatic rings. The highest BCUT2D eigenvalue weighted by Gasteiger charge is 2.12. The van der Waals surface area contributed by atoms with Crippen molar-refractivity contribution < 1.29 is 4.79 Å². The number of hydrogen-bond donors (Lipinski definition) is 1. The summed E-state index contributed by atoms with van der Waals surface area (Å²) in [6, 6.07) is 9.66. The quantitative estimate of drug-likeness (QED) is 0.807. The van der Waals surface area contributed by atoms with Crippen molar-refractivity contribution >= 4 is 22.6 Å². The van der Waals surface area contributed by atoms with Gasteiger partial charge < -0.3 is 5.32 Å². The molecule has 3 aromatic rings. The topological polar surface area (TPSA) is 59.8 Å². The molecule has 0 unspecified atom stereocenters. The standard InChI is InChI=1S/C17H18N4O/c1-4-12-7-5-6-8-15(12)19-17(22)13-9-14-11(2)20-21(3)16(14)18-10-13/h5-10H,4H2,1-3H3,(H,19,22). The number of carbonyl (C=O) groups is 1. The lowest BCUT2D eigenvalue weighted by Crippen LogP contribution is -2.13. The van der Waals surface area contributed by atoms with Gasteiger partial charge in [-0.3, -0.25) is 9.48 Å². The minimum atomic E-state index is -0.154. The molecule has 0 bridgehead atoms. The van der Waals surface area contributed by atoms with Gasteiger partial charge >= 0.3 is 0 Å². The number of nitrogens with one attached hydrogen (secondary N) is 1. The number of amides is 1. The van der Waals surface area contributed by atoms with E-state index in [1.165, 1.54) is 0 Å². The number of aryl methyl sites for hydroxylation is 3. The molecule has 0 aliphatic heterocycles. The monoisotopic (exact) mass is 294 g/mol. The number of nitrogens with zero attached hydrogens (tertiary/aromatic N) is 3. The molecule has 1 N–H and O–H groups in total. The summed E-state index contributed by atoms with van der Waals surface area (Å²) >= 11 is 0. The maximum absolute atomic E-state index is 12.5. The van der Waals surface area contributed by atoms with Gasteiger partial charge in [-0.15, -0.1) is 0 Å². The molecule has 0 aliphatic carbocycles. The zero-order valence-electron chi connectivity index (χ0n) is 12.9. The summed E-state index contributed by atoms with van der Waals surface area (Å²) in [6.07, 6.45) is 2.46. The van der Waals surface area contributed by atoms with Crippen LogP contribution in [0.2, 0.25) is 0 Å². The molecular formula is C17H18N4O. The van der Waals surface area contributed by atoms with Gasteiger partial charge in [0, 0.05) is 24.3 Å².